The molecular formula is C29H32ClN9O2. The second kappa shape index (κ2) is 11.1. The van der Waals surface area contributed by atoms with E-state index < -0.39 is 17.4 Å². The summed E-state index contributed by atoms with van der Waals surface area (Å²) in [5.74, 6) is -0.710. The van der Waals surface area contributed by atoms with E-state index in [9.17, 15) is 14.9 Å². The van der Waals surface area contributed by atoms with Crippen molar-refractivity contribution in [3.05, 3.63) is 81.5 Å². The first-order valence-corrected chi connectivity index (χ1v) is 13.3. The number of amides is 2. The van der Waals surface area contributed by atoms with Gasteiger partial charge in [-0.05, 0) is 63.6 Å². The lowest BCUT2D eigenvalue weighted by Crippen LogP contribution is -2.41. The third-order valence-corrected chi connectivity index (χ3v) is 6.27. The van der Waals surface area contributed by atoms with Crippen molar-refractivity contribution >= 4 is 29.1 Å². The van der Waals surface area contributed by atoms with Crippen LogP contribution in [0.1, 0.15) is 84.9 Å². The third-order valence-electron chi connectivity index (χ3n) is 5.98. The highest BCUT2D eigenvalue weighted by molar-refractivity contribution is 6.32. The van der Waals surface area contributed by atoms with Gasteiger partial charge in [-0.1, -0.05) is 32.4 Å². The van der Waals surface area contributed by atoms with Crippen molar-refractivity contribution in [2.24, 2.45) is 0 Å². The average Bonchev–Trinajstić information content (AvgIpc) is 3.52. The molecule has 0 aliphatic heterocycles. The standard InChI is InChI=1S/C29H32ClN9O2/c1-17-11-18(14-31)12-20(26(40)35-29(5,6)7)24(17)34-27(41)22-13-19(16-38-33-15-23(37-38)28(2,3)4)36-39(22)25-21(30)9-8-10-32-25/h8-13,15H,16H2,1-7H3,(H,34,41)(H,35,40). The normalized spacial score (nSPS) is 11.7. The molecule has 0 bridgehead atoms. The number of hydrogen-bond donors (Lipinski definition) is 2. The molecule has 12 heteroatoms. The second-order valence-corrected chi connectivity index (χ2v) is 12.1. The highest BCUT2D eigenvalue weighted by Crippen LogP contribution is 2.26. The van der Waals surface area contributed by atoms with Crippen LogP contribution in [-0.2, 0) is 12.0 Å². The fourth-order valence-electron chi connectivity index (χ4n) is 4.01. The van der Waals surface area contributed by atoms with Crippen molar-refractivity contribution in [1.29, 1.82) is 5.26 Å². The zero-order chi connectivity index (χ0) is 30.1. The van der Waals surface area contributed by atoms with Gasteiger partial charge in [-0.3, -0.25) is 9.59 Å². The van der Waals surface area contributed by atoms with Crippen LogP contribution >= 0.6 is 11.6 Å². The molecule has 41 heavy (non-hydrogen) atoms. The lowest BCUT2D eigenvalue weighted by Gasteiger charge is -2.22. The maximum Gasteiger partial charge on any atom is 0.274 e. The number of aryl methyl sites for hydroxylation is 1. The van der Waals surface area contributed by atoms with Gasteiger partial charge in [0.25, 0.3) is 11.8 Å². The van der Waals surface area contributed by atoms with Crippen molar-refractivity contribution in [2.75, 3.05) is 5.32 Å². The Hall–Kier alpha value is -4.56. The summed E-state index contributed by atoms with van der Waals surface area (Å²) in [6, 6.07) is 10.1. The smallest absolute Gasteiger partial charge is 0.274 e. The number of anilines is 1. The highest BCUT2D eigenvalue weighted by Gasteiger charge is 2.25. The van der Waals surface area contributed by atoms with Crippen LogP contribution in [0.2, 0.25) is 5.02 Å². The van der Waals surface area contributed by atoms with E-state index in [1.807, 2.05) is 41.5 Å². The molecule has 0 fully saturated rings. The fraction of sp³-hybridized carbons (Fsp3) is 0.345. The number of hydrogen-bond acceptors (Lipinski definition) is 7. The molecule has 212 valence electrons. The topological polar surface area (TPSA) is 143 Å². The Balaban J connectivity index is 1.76. The number of halogens is 1. The summed E-state index contributed by atoms with van der Waals surface area (Å²) >= 11 is 6.44. The van der Waals surface area contributed by atoms with E-state index in [1.54, 1.807) is 43.6 Å². The average molecular weight is 574 g/mol. The molecule has 2 N–H and O–H groups in total. The molecule has 0 radical (unpaired) electrons. The summed E-state index contributed by atoms with van der Waals surface area (Å²) in [7, 11) is 0. The molecular weight excluding hydrogens is 542 g/mol. The molecule has 0 spiro atoms. The van der Waals surface area contributed by atoms with Gasteiger partial charge in [-0.25, -0.2) is 9.67 Å². The van der Waals surface area contributed by atoms with Gasteiger partial charge in [0.1, 0.15) is 12.2 Å². The zero-order valence-electron chi connectivity index (χ0n) is 24.1. The molecule has 0 aliphatic carbocycles. The zero-order valence-corrected chi connectivity index (χ0v) is 24.8. The van der Waals surface area contributed by atoms with E-state index >= 15 is 0 Å². The number of pyridine rings is 1. The molecule has 0 unspecified atom stereocenters. The van der Waals surface area contributed by atoms with Crippen LogP contribution in [0, 0.1) is 18.3 Å². The van der Waals surface area contributed by atoms with E-state index in [4.69, 9.17) is 11.6 Å². The number of aromatic nitrogens is 6. The fourth-order valence-corrected chi connectivity index (χ4v) is 4.21. The van der Waals surface area contributed by atoms with Crippen LogP contribution in [0.25, 0.3) is 5.82 Å². The van der Waals surface area contributed by atoms with Crippen molar-refractivity contribution in [3.8, 4) is 11.9 Å². The molecule has 3 heterocycles. The molecule has 0 atom stereocenters. The number of nitrogens with zero attached hydrogens (tertiary/aromatic N) is 7. The predicted molar refractivity (Wildman–Crippen MR) is 155 cm³/mol. The molecule has 11 nitrogen and oxygen atoms in total. The van der Waals surface area contributed by atoms with Crippen molar-refractivity contribution in [2.45, 2.75) is 66.0 Å². The first kappa shape index (κ1) is 29.4. The van der Waals surface area contributed by atoms with Crippen LogP contribution in [0.5, 0.6) is 0 Å². The Morgan fingerprint density at radius 2 is 1.80 bits per heavy atom. The third kappa shape index (κ3) is 6.78. The first-order chi connectivity index (χ1) is 19.2. The highest BCUT2D eigenvalue weighted by atomic mass is 35.5. The second-order valence-electron chi connectivity index (χ2n) is 11.7. The summed E-state index contributed by atoms with van der Waals surface area (Å²) in [5, 5.41) is 29.1. The summed E-state index contributed by atoms with van der Waals surface area (Å²) in [6.45, 7) is 13.6. The first-order valence-electron chi connectivity index (χ1n) is 13.0. The van der Waals surface area contributed by atoms with Gasteiger partial charge < -0.3 is 10.6 Å². The number of carbonyl (C=O) groups is 2. The minimum absolute atomic E-state index is 0.134. The summed E-state index contributed by atoms with van der Waals surface area (Å²) in [5.41, 5.74) is 2.03. The summed E-state index contributed by atoms with van der Waals surface area (Å²) in [4.78, 5) is 32.8. The Bertz CT molecular complexity index is 1670. The van der Waals surface area contributed by atoms with Crippen LogP contribution in [-0.4, -0.2) is 47.1 Å². The van der Waals surface area contributed by atoms with E-state index in [0.717, 1.165) is 5.69 Å². The SMILES string of the molecule is Cc1cc(C#N)cc(C(=O)NC(C)(C)C)c1NC(=O)c1cc(Cn2ncc(C(C)(C)C)n2)nn1-c1ncccc1Cl. The van der Waals surface area contributed by atoms with Gasteiger partial charge in [0.15, 0.2) is 5.82 Å². The molecule has 0 saturated carbocycles. The Labute approximate surface area is 243 Å². The van der Waals surface area contributed by atoms with Crippen LogP contribution in [0.4, 0.5) is 5.69 Å². The Kier molecular flexibility index (Phi) is 7.99. The van der Waals surface area contributed by atoms with Crippen molar-refractivity contribution < 1.29 is 9.59 Å². The number of benzene rings is 1. The van der Waals surface area contributed by atoms with Crippen molar-refractivity contribution in [3.63, 3.8) is 0 Å². The van der Waals surface area contributed by atoms with E-state index in [0.29, 0.717) is 21.8 Å². The largest absolute Gasteiger partial charge is 0.347 e. The van der Waals surface area contributed by atoms with Gasteiger partial charge in [-0.2, -0.15) is 25.4 Å². The van der Waals surface area contributed by atoms with Crippen LogP contribution < -0.4 is 10.6 Å². The van der Waals surface area contributed by atoms with Gasteiger partial charge >= 0.3 is 0 Å². The quantitative estimate of drug-likeness (QED) is 0.336. The monoisotopic (exact) mass is 573 g/mol. The molecule has 0 saturated heterocycles. The van der Waals surface area contributed by atoms with Gasteiger partial charge in [0.2, 0.25) is 0 Å². The van der Waals surface area contributed by atoms with E-state index in [1.165, 1.54) is 15.5 Å². The lowest BCUT2D eigenvalue weighted by molar-refractivity contribution is 0.0920. The predicted octanol–water partition coefficient (Wildman–Crippen LogP) is 4.82. The van der Waals surface area contributed by atoms with Crippen LogP contribution in [0.3, 0.4) is 0 Å². The Morgan fingerprint density at radius 3 is 2.41 bits per heavy atom. The summed E-state index contributed by atoms with van der Waals surface area (Å²) < 4.78 is 1.36. The minimum atomic E-state index is -0.549. The maximum absolute atomic E-state index is 13.8. The number of rotatable bonds is 6. The van der Waals surface area contributed by atoms with E-state index in [2.05, 4.69) is 37.0 Å². The maximum atomic E-state index is 13.8. The van der Waals surface area contributed by atoms with Gasteiger partial charge in [0, 0.05) is 17.2 Å². The van der Waals surface area contributed by atoms with Gasteiger partial charge in [0.05, 0.1) is 45.5 Å². The Morgan fingerprint density at radius 1 is 1.07 bits per heavy atom. The molecule has 4 aromatic rings. The minimum Gasteiger partial charge on any atom is -0.347 e. The van der Waals surface area contributed by atoms with E-state index in [-0.39, 0.29) is 34.7 Å². The number of nitriles is 1. The number of carbonyl (C=O) groups excluding carboxylic acids is 2. The molecule has 0 aliphatic rings. The molecule has 4 rings (SSSR count). The lowest BCUT2D eigenvalue weighted by atomic mass is 9.93. The van der Waals surface area contributed by atoms with Gasteiger partial charge in [-0.15, -0.1) is 0 Å². The molecule has 2 amide bonds. The van der Waals surface area contributed by atoms with Crippen molar-refractivity contribution in [1.82, 2.24) is 35.1 Å². The number of nitrogens with one attached hydrogen (secondary N) is 2. The molecule has 1 aromatic carbocycles. The van der Waals surface area contributed by atoms with Crippen LogP contribution in [0.15, 0.2) is 42.7 Å². The summed E-state index contributed by atoms with van der Waals surface area (Å²) in [6.07, 6.45) is 3.26. The molecule has 3 aromatic heterocycles.